The van der Waals surface area contributed by atoms with E-state index in [4.69, 9.17) is 9.47 Å². The van der Waals surface area contributed by atoms with Gasteiger partial charge in [-0.2, -0.15) is 5.10 Å². The Morgan fingerprint density at radius 3 is 2.42 bits per heavy atom. The summed E-state index contributed by atoms with van der Waals surface area (Å²) in [4.78, 5) is 12.6. The maximum atomic E-state index is 12.6. The minimum Gasteiger partial charge on any atom is -0.493 e. The largest absolute Gasteiger partial charge is 0.493 e. The van der Waals surface area contributed by atoms with Crippen molar-refractivity contribution >= 4 is 39.3 Å². The summed E-state index contributed by atoms with van der Waals surface area (Å²) in [7, 11) is 3.15. The van der Waals surface area contributed by atoms with Crippen LogP contribution in [0.5, 0.6) is 11.5 Å². The molecule has 0 aliphatic carbocycles. The van der Waals surface area contributed by atoms with E-state index in [9.17, 15) is 4.79 Å². The van der Waals surface area contributed by atoms with Gasteiger partial charge in [0, 0.05) is 21.3 Å². The Morgan fingerprint density at radius 2 is 1.72 bits per heavy atom. The third kappa shape index (κ3) is 5.95. The number of halogens is 1. The van der Waals surface area contributed by atoms with Gasteiger partial charge in [-0.05, 0) is 49.4 Å². The zero-order valence-electron chi connectivity index (χ0n) is 19.9. The molecule has 0 saturated carbocycles. The van der Waals surface area contributed by atoms with Gasteiger partial charge in [-0.1, -0.05) is 58.0 Å². The molecule has 0 unspecified atom stereocenters. The lowest BCUT2D eigenvalue weighted by Crippen LogP contribution is -2.21. The van der Waals surface area contributed by atoms with Crippen LogP contribution in [-0.4, -0.2) is 46.4 Å². The molecule has 1 amide bonds. The Labute approximate surface area is 221 Å². The Balaban J connectivity index is 1.49. The van der Waals surface area contributed by atoms with Crippen LogP contribution in [0.25, 0.3) is 17.1 Å². The molecule has 36 heavy (non-hydrogen) atoms. The fraction of sp³-hybridized carbons (Fsp3) is 0.154. The van der Waals surface area contributed by atoms with Gasteiger partial charge >= 0.3 is 0 Å². The van der Waals surface area contributed by atoms with E-state index < -0.39 is 0 Å². The van der Waals surface area contributed by atoms with Crippen LogP contribution in [0.4, 0.5) is 0 Å². The van der Waals surface area contributed by atoms with E-state index in [0.29, 0.717) is 28.2 Å². The standard InChI is InChI=1S/C26H24BrN5O3S/c1-17(19-9-14-22(34-2)23(15-19)35-3)28-29-24(33)16-36-26-31-30-25(18-7-5-4-6-8-18)32(26)21-12-10-20(27)11-13-21/h4-15H,16H2,1-3H3,(H,29,33)/b28-17-. The number of hydrogen-bond acceptors (Lipinski definition) is 7. The Bertz CT molecular complexity index is 1370. The van der Waals surface area contributed by atoms with Gasteiger partial charge in [0.05, 0.1) is 25.7 Å². The molecule has 0 radical (unpaired) electrons. The molecule has 0 fully saturated rings. The number of carbonyl (C=O) groups excluding carboxylic acids is 1. The SMILES string of the molecule is COc1ccc(/C(C)=N\NC(=O)CSc2nnc(-c3ccccc3)n2-c2ccc(Br)cc2)cc1OC. The molecule has 184 valence electrons. The minimum absolute atomic E-state index is 0.117. The molecule has 0 spiro atoms. The first-order chi connectivity index (χ1) is 17.5. The summed E-state index contributed by atoms with van der Waals surface area (Å²) >= 11 is 4.77. The van der Waals surface area contributed by atoms with Gasteiger partial charge in [-0.3, -0.25) is 9.36 Å². The van der Waals surface area contributed by atoms with Gasteiger partial charge < -0.3 is 9.47 Å². The normalized spacial score (nSPS) is 11.3. The highest BCUT2D eigenvalue weighted by atomic mass is 79.9. The molecule has 10 heteroatoms. The summed E-state index contributed by atoms with van der Waals surface area (Å²) < 4.78 is 13.5. The number of rotatable bonds is 9. The predicted octanol–water partition coefficient (Wildman–Crippen LogP) is 5.35. The number of aromatic nitrogens is 3. The van der Waals surface area contributed by atoms with Crippen molar-refractivity contribution in [1.82, 2.24) is 20.2 Å². The average Bonchev–Trinajstić information content (AvgIpc) is 3.35. The summed E-state index contributed by atoms with van der Waals surface area (Å²) in [6.07, 6.45) is 0. The number of hydrogen-bond donors (Lipinski definition) is 1. The molecule has 8 nitrogen and oxygen atoms in total. The molecule has 1 aromatic heterocycles. The Kier molecular flexibility index (Phi) is 8.40. The van der Waals surface area contributed by atoms with Crippen molar-refractivity contribution in [2.45, 2.75) is 12.1 Å². The summed E-state index contributed by atoms with van der Waals surface area (Å²) in [6, 6.07) is 23.1. The lowest BCUT2D eigenvalue weighted by atomic mass is 10.1. The number of ether oxygens (including phenoxy) is 2. The van der Waals surface area contributed by atoms with Gasteiger partial charge in [-0.15, -0.1) is 10.2 Å². The number of nitrogens with one attached hydrogen (secondary N) is 1. The summed E-state index contributed by atoms with van der Waals surface area (Å²) in [5.41, 5.74) is 5.89. The molecule has 0 aliphatic rings. The molecule has 0 atom stereocenters. The van der Waals surface area contributed by atoms with Crippen molar-refractivity contribution in [2.75, 3.05) is 20.0 Å². The topological polar surface area (TPSA) is 90.6 Å². The van der Waals surface area contributed by atoms with Crippen LogP contribution < -0.4 is 14.9 Å². The summed E-state index contributed by atoms with van der Waals surface area (Å²) in [5, 5.41) is 13.6. The number of benzene rings is 3. The third-order valence-electron chi connectivity index (χ3n) is 5.23. The zero-order valence-corrected chi connectivity index (χ0v) is 22.3. The molecule has 0 bridgehead atoms. The fourth-order valence-electron chi connectivity index (χ4n) is 3.39. The van der Waals surface area contributed by atoms with E-state index in [2.05, 4.69) is 36.7 Å². The van der Waals surface area contributed by atoms with E-state index >= 15 is 0 Å². The van der Waals surface area contributed by atoms with Crippen LogP contribution >= 0.6 is 27.7 Å². The molecule has 1 N–H and O–H groups in total. The minimum atomic E-state index is -0.258. The highest BCUT2D eigenvalue weighted by Crippen LogP contribution is 2.29. The Morgan fingerprint density at radius 1 is 1.00 bits per heavy atom. The second-order valence-corrected chi connectivity index (χ2v) is 9.43. The summed E-state index contributed by atoms with van der Waals surface area (Å²) in [5.74, 6) is 1.77. The van der Waals surface area contributed by atoms with Crippen LogP contribution in [0.2, 0.25) is 0 Å². The predicted molar refractivity (Wildman–Crippen MR) is 145 cm³/mol. The van der Waals surface area contributed by atoms with E-state index in [1.807, 2.05) is 78.2 Å². The van der Waals surface area contributed by atoms with Gasteiger partial charge in [0.2, 0.25) is 0 Å². The van der Waals surface area contributed by atoms with Crippen LogP contribution in [0.1, 0.15) is 12.5 Å². The van der Waals surface area contributed by atoms with E-state index in [1.54, 1.807) is 20.3 Å². The first-order valence-electron chi connectivity index (χ1n) is 10.9. The number of carbonyl (C=O) groups is 1. The first kappa shape index (κ1) is 25.5. The molecule has 0 saturated heterocycles. The highest BCUT2D eigenvalue weighted by molar-refractivity contribution is 9.10. The first-order valence-corrected chi connectivity index (χ1v) is 12.7. The van der Waals surface area contributed by atoms with Crippen LogP contribution in [0.3, 0.4) is 0 Å². The van der Waals surface area contributed by atoms with Gasteiger partial charge in [0.15, 0.2) is 22.5 Å². The molecule has 4 aromatic rings. The maximum absolute atomic E-state index is 12.6. The second-order valence-electron chi connectivity index (χ2n) is 7.57. The molecule has 4 rings (SSSR count). The van der Waals surface area contributed by atoms with Gasteiger partial charge in [0.1, 0.15) is 0 Å². The second kappa shape index (κ2) is 11.9. The average molecular weight is 566 g/mol. The quantitative estimate of drug-likeness (QED) is 0.167. The van der Waals surface area contributed by atoms with Crippen LogP contribution in [0.15, 0.2) is 87.5 Å². The molecular weight excluding hydrogens is 542 g/mol. The van der Waals surface area contributed by atoms with Gasteiger partial charge in [0.25, 0.3) is 5.91 Å². The lowest BCUT2D eigenvalue weighted by molar-refractivity contribution is -0.118. The summed E-state index contributed by atoms with van der Waals surface area (Å²) in [6.45, 7) is 1.81. The number of thioether (sulfide) groups is 1. The van der Waals surface area contributed by atoms with Crippen LogP contribution in [-0.2, 0) is 4.79 Å². The number of amides is 1. The van der Waals surface area contributed by atoms with Crippen molar-refractivity contribution in [2.24, 2.45) is 5.10 Å². The van der Waals surface area contributed by atoms with Crippen molar-refractivity contribution < 1.29 is 14.3 Å². The van der Waals surface area contributed by atoms with Gasteiger partial charge in [-0.25, -0.2) is 5.43 Å². The zero-order chi connectivity index (χ0) is 25.5. The fourth-order valence-corrected chi connectivity index (χ4v) is 4.40. The van der Waals surface area contributed by atoms with Crippen molar-refractivity contribution in [3.63, 3.8) is 0 Å². The molecule has 1 heterocycles. The Hall–Kier alpha value is -3.63. The van der Waals surface area contributed by atoms with E-state index in [0.717, 1.165) is 21.3 Å². The van der Waals surface area contributed by atoms with Crippen LogP contribution in [0, 0.1) is 0 Å². The highest BCUT2D eigenvalue weighted by Gasteiger charge is 2.17. The third-order valence-corrected chi connectivity index (χ3v) is 6.69. The number of nitrogens with zero attached hydrogens (tertiary/aromatic N) is 4. The number of hydrazone groups is 1. The molecule has 3 aromatic carbocycles. The van der Waals surface area contributed by atoms with E-state index in [1.165, 1.54) is 11.8 Å². The van der Waals surface area contributed by atoms with Crippen molar-refractivity contribution in [1.29, 1.82) is 0 Å². The van der Waals surface area contributed by atoms with Crippen molar-refractivity contribution in [3.8, 4) is 28.6 Å². The van der Waals surface area contributed by atoms with E-state index in [-0.39, 0.29) is 11.7 Å². The smallest absolute Gasteiger partial charge is 0.250 e. The van der Waals surface area contributed by atoms with Crippen molar-refractivity contribution in [3.05, 3.63) is 82.8 Å². The molecule has 0 aliphatic heterocycles. The molecular formula is C26H24BrN5O3S. The number of methoxy groups -OCH3 is 2. The lowest BCUT2D eigenvalue weighted by Gasteiger charge is -2.11. The monoisotopic (exact) mass is 565 g/mol. The maximum Gasteiger partial charge on any atom is 0.250 e.